The molecule has 0 spiro atoms. The van der Waals surface area contributed by atoms with Crippen LogP contribution in [0.2, 0.25) is 0 Å². The molecular formula is C26H31N3O3. The summed E-state index contributed by atoms with van der Waals surface area (Å²) in [6, 6.07) is 13.2. The van der Waals surface area contributed by atoms with Gasteiger partial charge in [0.25, 0.3) is 0 Å². The van der Waals surface area contributed by atoms with Gasteiger partial charge in [-0.15, -0.1) is 6.58 Å². The summed E-state index contributed by atoms with van der Waals surface area (Å²) in [5.74, 6) is 1.65. The van der Waals surface area contributed by atoms with E-state index in [0.717, 1.165) is 47.5 Å². The van der Waals surface area contributed by atoms with E-state index in [4.69, 9.17) is 9.15 Å². The first-order chi connectivity index (χ1) is 15.7. The Morgan fingerprint density at radius 2 is 2.06 bits per heavy atom. The second-order valence-electron chi connectivity index (χ2n) is 8.87. The van der Waals surface area contributed by atoms with E-state index in [9.17, 15) is 5.11 Å². The van der Waals surface area contributed by atoms with E-state index in [2.05, 4.69) is 21.4 Å². The molecule has 0 radical (unpaired) electrons. The van der Waals surface area contributed by atoms with Gasteiger partial charge in [-0.2, -0.15) is 0 Å². The molecule has 1 aromatic carbocycles. The monoisotopic (exact) mass is 433 g/mol. The summed E-state index contributed by atoms with van der Waals surface area (Å²) in [4.78, 5) is 9.35. The van der Waals surface area contributed by atoms with Gasteiger partial charge in [0.05, 0.1) is 19.5 Å². The van der Waals surface area contributed by atoms with E-state index in [-0.39, 0.29) is 0 Å². The predicted octanol–water partition coefficient (Wildman–Crippen LogP) is 4.56. The van der Waals surface area contributed by atoms with E-state index >= 15 is 0 Å². The summed E-state index contributed by atoms with van der Waals surface area (Å²) in [7, 11) is 1.65. The molecule has 0 amide bonds. The number of hydrogen-bond acceptors (Lipinski definition) is 6. The molecule has 2 fully saturated rings. The van der Waals surface area contributed by atoms with Crippen LogP contribution in [0.5, 0.6) is 5.75 Å². The molecule has 4 heterocycles. The number of aromatic nitrogens is 1. The number of fused-ring (bicyclic) bond motifs is 3. The largest absolute Gasteiger partial charge is 0.494 e. The Kier molecular flexibility index (Phi) is 5.89. The smallest absolute Gasteiger partial charge is 0.195 e. The van der Waals surface area contributed by atoms with Crippen LogP contribution in [-0.2, 0) is 0 Å². The molecule has 3 aromatic rings. The van der Waals surface area contributed by atoms with Gasteiger partial charge in [0, 0.05) is 48.9 Å². The standard InChI is InChI=1S/C26H31N3O3/c1-3-13-28(25-8-5-14-32-25)20-15-18-9-10-19(16-20)29(18)17-23(30)21-11-12-27-26-22(21)6-4-7-24(26)31-2/h3-8,11-12,14,18-20,23,30H,1,9-10,13,15-17H2,2H3. The molecule has 2 aliphatic heterocycles. The number of hydrogen-bond donors (Lipinski definition) is 1. The minimum absolute atomic E-state index is 0.427. The Hall–Kier alpha value is -2.83. The van der Waals surface area contributed by atoms with E-state index in [1.54, 1.807) is 19.6 Å². The van der Waals surface area contributed by atoms with Crippen LogP contribution in [-0.4, -0.2) is 53.3 Å². The molecule has 3 atom stereocenters. The summed E-state index contributed by atoms with van der Waals surface area (Å²) in [5.41, 5.74) is 1.71. The highest BCUT2D eigenvalue weighted by molar-refractivity contribution is 5.87. The van der Waals surface area contributed by atoms with Gasteiger partial charge in [0.15, 0.2) is 5.88 Å². The molecule has 2 aromatic heterocycles. The second kappa shape index (κ2) is 8.96. The van der Waals surface area contributed by atoms with Crippen molar-refractivity contribution in [3.8, 4) is 5.75 Å². The van der Waals surface area contributed by atoms with Crippen LogP contribution in [0.4, 0.5) is 5.88 Å². The van der Waals surface area contributed by atoms with Crippen LogP contribution >= 0.6 is 0 Å². The van der Waals surface area contributed by atoms with Crippen molar-refractivity contribution >= 4 is 16.8 Å². The van der Waals surface area contributed by atoms with Crippen LogP contribution < -0.4 is 9.64 Å². The normalized spacial score (nSPS) is 23.9. The quantitative estimate of drug-likeness (QED) is 0.526. The Bertz CT molecular complexity index is 1050. The first-order valence-corrected chi connectivity index (χ1v) is 11.5. The van der Waals surface area contributed by atoms with Crippen LogP contribution in [0, 0.1) is 0 Å². The third-order valence-corrected chi connectivity index (χ3v) is 7.15. The van der Waals surface area contributed by atoms with Gasteiger partial charge in [-0.05, 0) is 49.4 Å². The maximum atomic E-state index is 11.3. The molecule has 168 valence electrons. The number of nitrogens with zero attached hydrogens (tertiary/aromatic N) is 3. The van der Waals surface area contributed by atoms with Gasteiger partial charge in [-0.3, -0.25) is 9.88 Å². The van der Waals surface area contributed by atoms with Crippen molar-refractivity contribution in [1.29, 1.82) is 0 Å². The summed E-state index contributed by atoms with van der Waals surface area (Å²) in [6.45, 7) is 5.37. The van der Waals surface area contributed by atoms with E-state index in [1.165, 1.54) is 12.8 Å². The SMILES string of the molecule is C=CCN(c1ccco1)C1CC2CCC(C1)N2CC(O)c1ccnc2c(OC)cccc12. The Balaban J connectivity index is 1.34. The number of aliphatic hydroxyl groups is 1. The topological polar surface area (TPSA) is 62.0 Å². The highest BCUT2D eigenvalue weighted by Crippen LogP contribution is 2.40. The Morgan fingerprint density at radius 3 is 2.75 bits per heavy atom. The fourth-order valence-electron chi connectivity index (χ4n) is 5.71. The van der Waals surface area contributed by atoms with Crippen molar-refractivity contribution in [3.63, 3.8) is 0 Å². The number of benzene rings is 1. The lowest BCUT2D eigenvalue weighted by Gasteiger charge is -2.43. The Labute approximate surface area is 189 Å². The number of anilines is 1. The van der Waals surface area contributed by atoms with Gasteiger partial charge in [-0.1, -0.05) is 18.2 Å². The summed E-state index contributed by atoms with van der Waals surface area (Å²) < 4.78 is 11.2. The number of aliphatic hydroxyl groups excluding tert-OH is 1. The molecule has 6 nitrogen and oxygen atoms in total. The van der Waals surface area contributed by atoms with Crippen LogP contribution in [0.15, 0.2) is 65.9 Å². The fraction of sp³-hybridized carbons (Fsp3) is 0.423. The molecule has 2 bridgehead atoms. The molecule has 2 saturated heterocycles. The van der Waals surface area contributed by atoms with Gasteiger partial charge in [0.2, 0.25) is 0 Å². The van der Waals surface area contributed by atoms with Crippen molar-refractivity contribution in [2.45, 2.75) is 49.9 Å². The molecule has 0 saturated carbocycles. The molecule has 3 unspecified atom stereocenters. The minimum Gasteiger partial charge on any atom is -0.494 e. The third kappa shape index (κ3) is 3.78. The number of para-hydroxylation sites is 1. The predicted molar refractivity (Wildman–Crippen MR) is 126 cm³/mol. The lowest BCUT2D eigenvalue weighted by Crippen LogP contribution is -2.51. The van der Waals surface area contributed by atoms with E-state index < -0.39 is 6.10 Å². The van der Waals surface area contributed by atoms with Crippen molar-refractivity contribution in [3.05, 3.63) is 67.1 Å². The zero-order chi connectivity index (χ0) is 22.1. The number of methoxy groups -OCH3 is 1. The highest BCUT2D eigenvalue weighted by atomic mass is 16.5. The zero-order valence-electron chi connectivity index (χ0n) is 18.6. The highest BCUT2D eigenvalue weighted by Gasteiger charge is 2.43. The van der Waals surface area contributed by atoms with Crippen LogP contribution in [0.1, 0.15) is 37.4 Å². The fourth-order valence-corrected chi connectivity index (χ4v) is 5.71. The average molecular weight is 434 g/mol. The summed E-state index contributed by atoms with van der Waals surface area (Å²) in [6.07, 6.45) is 9.38. The van der Waals surface area contributed by atoms with Gasteiger partial charge in [0.1, 0.15) is 11.3 Å². The maximum absolute atomic E-state index is 11.3. The van der Waals surface area contributed by atoms with E-state index in [1.807, 2.05) is 42.5 Å². The lowest BCUT2D eigenvalue weighted by molar-refractivity contribution is 0.0559. The maximum Gasteiger partial charge on any atom is 0.195 e. The number of pyridine rings is 1. The van der Waals surface area contributed by atoms with Crippen molar-refractivity contribution in [2.75, 3.05) is 25.1 Å². The van der Waals surface area contributed by atoms with E-state index in [0.29, 0.717) is 24.7 Å². The number of ether oxygens (including phenoxy) is 1. The summed E-state index contributed by atoms with van der Waals surface area (Å²) in [5, 5.41) is 12.2. The van der Waals surface area contributed by atoms with Crippen molar-refractivity contribution < 1.29 is 14.3 Å². The van der Waals surface area contributed by atoms with Crippen molar-refractivity contribution in [1.82, 2.24) is 9.88 Å². The van der Waals surface area contributed by atoms with Gasteiger partial charge >= 0.3 is 0 Å². The first-order valence-electron chi connectivity index (χ1n) is 11.5. The number of rotatable bonds is 8. The van der Waals surface area contributed by atoms with Crippen molar-refractivity contribution in [2.24, 2.45) is 0 Å². The molecule has 5 rings (SSSR count). The number of furan rings is 1. The second-order valence-corrected chi connectivity index (χ2v) is 8.87. The number of piperidine rings is 1. The molecule has 2 aliphatic rings. The Morgan fingerprint density at radius 1 is 1.25 bits per heavy atom. The molecule has 1 N–H and O–H groups in total. The van der Waals surface area contributed by atoms with Crippen LogP contribution in [0.25, 0.3) is 10.9 Å². The van der Waals surface area contributed by atoms with Gasteiger partial charge < -0.3 is 19.2 Å². The molecule has 0 aliphatic carbocycles. The minimum atomic E-state index is -0.568. The summed E-state index contributed by atoms with van der Waals surface area (Å²) >= 11 is 0. The van der Waals surface area contributed by atoms with Crippen LogP contribution in [0.3, 0.4) is 0 Å². The first kappa shape index (κ1) is 21.0. The van der Waals surface area contributed by atoms with Gasteiger partial charge in [-0.25, -0.2) is 0 Å². The third-order valence-electron chi connectivity index (χ3n) is 7.15. The lowest BCUT2D eigenvalue weighted by atomic mass is 9.94. The molecule has 6 heteroatoms. The average Bonchev–Trinajstić information content (AvgIpc) is 3.42. The zero-order valence-corrected chi connectivity index (χ0v) is 18.6. The molecule has 32 heavy (non-hydrogen) atoms. The molecular weight excluding hydrogens is 402 g/mol.